The van der Waals surface area contributed by atoms with Crippen LogP contribution in [0.25, 0.3) is 0 Å². The highest BCUT2D eigenvalue weighted by Gasteiger charge is 2.65. The van der Waals surface area contributed by atoms with Crippen molar-refractivity contribution in [3.63, 3.8) is 0 Å². The monoisotopic (exact) mass is 304 g/mol. The number of hydrogen-bond acceptors (Lipinski definition) is 2. The first-order valence-corrected chi connectivity index (χ1v) is 9.28. The SMILES string of the molecule is CC1(C)CCC[C@]2(C)[C@@H]1CC[C@@]13C=CC(C[C@H]12)[C@](O)(CO)C3. The van der Waals surface area contributed by atoms with Gasteiger partial charge in [-0.05, 0) is 66.6 Å². The van der Waals surface area contributed by atoms with Crippen LogP contribution in [0.2, 0.25) is 0 Å². The van der Waals surface area contributed by atoms with Crippen LogP contribution < -0.4 is 0 Å². The van der Waals surface area contributed by atoms with Crippen molar-refractivity contribution in [2.75, 3.05) is 6.61 Å². The topological polar surface area (TPSA) is 40.5 Å². The third-order valence-corrected chi connectivity index (χ3v) is 8.41. The number of allylic oxidation sites excluding steroid dienone is 1. The molecule has 2 N–H and O–H groups in total. The summed E-state index contributed by atoms with van der Waals surface area (Å²) < 4.78 is 0. The Balaban J connectivity index is 1.75. The van der Waals surface area contributed by atoms with Crippen LogP contribution in [-0.2, 0) is 0 Å². The molecule has 0 amide bonds. The predicted molar refractivity (Wildman–Crippen MR) is 88.3 cm³/mol. The average molecular weight is 304 g/mol. The maximum atomic E-state index is 10.9. The fourth-order valence-electron chi connectivity index (χ4n) is 7.43. The molecule has 0 aromatic carbocycles. The van der Waals surface area contributed by atoms with Gasteiger partial charge in [0.1, 0.15) is 0 Å². The molecule has 0 radical (unpaired) electrons. The van der Waals surface area contributed by atoms with Crippen molar-refractivity contribution in [3.05, 3.63) is 12.2 Å². The summed E-state index contributed by atoms with van der Waals surface area (Å²) in [7, 11) is 0. The standard InChI is InChI=1S/C20H32O2/c1-17(2)7-4-8-18(3)15(17)6-10-19-9-5-14(11-16(18)19)20(22,12-19)13-21/h5,9,14-16,21-22H,4,6-8,10-13H2,1-3H3/t14?,15-,16+,18-,19-,20-/m1/s1. The van der Waals surface area contributed by atoms with E-state index in [2.05, 4.69) is 32.9 Å². The van der Waals surface area contributed by atoms with Crippen LogP contribution in [0.5, 0.6) is 0 Å². The van der Waals surface area contributed by atoms with Crippen LogP contribution in [-0.4, -0.2) is 22.4 Å². The van der Waals surface area contributed by atoms with E-state index in [4.69, 9.17) is 0 Å². The van der Waals surface area contributed by atoms with E-state index >= 15 is 0 Å². The second-order valence-electron chi connectivity index (χ2n) is 9.86. The first-order chi connectivity index (χ1) is 10.3. The second-order valence-corrected chi connectivity index (χ2v) is 9.86. The van der Waals surface area contributed by atoms with Crippen molar-refractivity contribution in [1.82, 2.24) is 0 Å². The largest absolute Gasteiger partial charge is 0.393 e. The molecule has 3 saturated carbocycles. The number of hydrogen-bond donors (Lipinski definition) is 2. The van der Waals surface area contributed by atoms with Gasteiger partial charge in [-0.2, -0.15) is 0 Å². The first-order valence-electron chi connectivity index (χ1n) is 9.28. The Labute approximate surface area is 135 Å². The van der Waals surface area contributed by atoms with Gasteiger partial charge in [0.05, 0.1) is 12.2 Å². The molecule has 5 aliphatic rings. The smallest absolute Gasteiger partial charge is 0.0947 e. The molecule has 0 aromatic heterocycles. The van der Waals surface area contributed by atoms with Gasteiger partial charge < -0.3 is 10.2 Å². The van der Waals surface area contributed by atoms with Crippen LogP contribution in [0.3, 0.4) is 0 Å². The Morgan fingerprint density at radius 2 is 1.86 bits per heavy atom. The fourth-order valence-corrected chi connectivity index (χ4v) is 7.43. The van der Waals surface area contributed by atoms with Crippen LogP contribution in [0.15, 0.2) is 12.2 Å². The molecule has 22 heavy (non-hydrogen) atoms. The van der Waals surface area contributed by atoms with Crippen molar-refractivity contribution in [2.45, 2.75) is 71.3 Å². The third kappa shape index (κ3) is 1.74. The van der Waals surface area contributed by atoms with Crippen LogP contribution in [0, 0.1) is 34.0 Å². The molecule has 1 unspecified atom stereocenters. The molecule has 2 nitrogen and oxygen atoms in total. The van der Waals surface area contributed by atoms with Gasteiger partial charge in [-0.1, -0.05) is 39.3 Å². The Bertz CT molecular complexity index is 510. The van der Waals surface area contributed by atoms with Gasteiger partial charge >= 0.3 is 0 Å². The van der Waals surface area contributed by atoms with E-state index in [1.807, 2.05) is 0 Å². The quantitative estimate of drug-likeness (QED) is 0.721. The Hall–Kier alpha value is -0.340. The Morgan fingerprint density at radius 3 is 2.59 bits per heavy atom. The molecule has 0 aliphatic heterocycles. The molecule has 0 heterocycles. The number of fused-ring (bicyclic) bond motifs is 2. The van der Waals surface area contributed by atoms with E-state index in [-0.39, 0.29) is 17.9 Å². The van der Waals surface area contributed by atoms with Gasteiger partial charge in [-0.3, -0.25) is 0 Å². The molecule has 1 spiro atoms. The summed E-state index contributed by atoms with van der Waals surface area (Å²) in [5, 5.41) is 20.6. The highest BCUT2D eigenvalue weighted by atomic mass is 16.3. The van der Waals surface area contributed by atoms with E-state index in [1.54, 1.807) is 0 Å². The average Bonchev–Trinajstić information content (AvgIpc) is 2.46. The summed E-state index contributed by atoms with van der Waals surface area (Å²) in [5.41, 5.74) is 0.158. The lowest BCUT2D eigenvalue weighted by atomic mass is 9.37. The highest BCUT2D eigenvalue weighted by molar-refractivity contribution is 5.26. The minimum absolute atomic E-state index is 0.0812. The highest BCUT2D eigenvalue weighted by Crippen LogP contribution is 2.70. The molecule has 0 saturated heterocycles. The minimum Gasteiger partial charge on any atom is -0.393 e. The zero-order chi connectivity index (χ0) is 15.8. The van der Waals surface area contributed by atoms with E-state index in [0.29, 0.717) is 16.7 Å². The molecule has 2 bridgehead atoms. The van der Waals surface area contributed by atoms with Crippen LogP contribution >= 0.6 is 0 Å². The molecule has 124 valence electrons. The normalized spacial score (nSPS) is 55.6. The van der Waals surface area contributed by atoms with E-state index in [1.165, 1.54) is 32.1 Å². The maximum absolute atomic E-state index is 10.9. The predicted octanol–water partition coefficient (Wildman–Crippen LogP) is 3.92. The lowest BCUT2D eigenvalue weighted by molar-refractivity contribution is -0.199. The molecule has 5 rings (SSSR count). The number of aliphatic hydroxyl groups is 2. The molecular formula is C20H32O2. The van der Waals surface area contributed by atoms with Gasteiger partial charge in [-0.15, -0.1) is 0 Å². The van der Waals surface area contributed by atoms with Crippen LogP contribution in [0.1, 0.15) is 65.7 Å². The zero-order valence-electron chi connectivity index (χ0n) is 14.4. The summed E-state index contributed by atoms with van der Waals surface area (Å²) >= 11 is 0. The molecule has 3 fully saturated rings. The van der Waals surface area contributed by atoms with E-state index < -0.39 is 5.60 Å². The Morgan fingerprint density at radius 1 is 1.09 bits per heavy atom. The van der Waals surface area contributed by atoms with Crippen molar-refractivity contribution in [3.8, 4) is 0 Å². The Kier molecular flexibility index (Phi) is 3.03. The van der Waals surface area contributed by atoms with Gasteiger partial charge in [-0.25, -0.2) is 0 Å². The van der Waals surface area contributed by atoms with Crippen molar-refractivity contribution in [1.29, 1.82) is 0 Å². The van der Waals surface area contributed by atoms with E-state index in [9.17, 15) is 10.2 Å². The molecule has 6 atom stereocenters. The van der Waals surface area contributed by atoms with Gasteiger partial charge in [0.15, 0.2) is 0 Å². The zero-order valence-corrected chi connectivity index (χ0v) is 14.4. The number of rotatable bonds is 1. The van der Waals surface area contributed by atoms with Crippen molar-refractivity contribution >= 4 is 0 Å². The molecule has 0 aromatic rings. The van der Waals surface area contributed by atoms with E-state index in [0.717, 1.165) is 18.8 Å². The lowest BCUT2D eigenvalue weighted by Crippen LogP contribution is -2.63. The summed E-state index contributed by atoms with van der Waals surface area (Å²) in [6.45, 7) is 7.43. The second kappa shape index (κ2) is 4.39. The van der Waals surface area contributed by atoms with Crippen molar-refractivity contribution in [2.24, 2.45) is 34.0 Å². The number of aliphatic hydroxyl groups excluding tert-OH is 1. The summed E-state index contributed by atoms with van der Waals surface area (Å²) in [6.07, 6.45) is 13.1. The van der Waals surface area contributed by atoms with Gasteiger partial charge in [0, 0.05) is 5.92 Å². The minimum atomic E-state index is -0.862. The summed E-state index contributed by atoms with van der Waals surface area (Å²) in [5.74, 6) is 1.67. The lowest BCUT2D eigenvalue weighted by Gasteiger charge is -2.68. The third-order valence-electron chi connectivity index (χ3n) is 8.41. The maximum Gasteiger partial charge on any atom is 0.0947 e. The summed E-state index contributed by atoms with van der Waals surface area (Å²) in [4.78, 5) is 0. The molecular weight excluding hydrogens is 272 g/mol. The fraction of sp³-hybridized carbons (Fsp3) is 0.900. The van der Waals surface area contributed by atoms with Gasteiger partial charge in [0.25, 0.3) is 0 Å². The van der Waals surface area contributed by atoms with Crippen molar-refractivity contribution < 1.29 is 10.2 Å². The molecule has 5 aliphatic carbocycles. The van der Waals surface area contributed by atoms with Gasteiger partial charge in [0.2, 0.25) is 0 Å². The molecule has 2 heteroatoms. The first kappa shape index (κ1) is 15.2. The van der Waals surface area contributed by atoms with Crippen LogP contribution in [0.4, 0.5) is 0 Å². The summed E-state index contributed by atoms with van der Waals surface area (Å²) in [6, 6.07) is 0.